The van der Waals surface area contributed by atoms with E-state index in [9.17, 15) is 0 Å². The molecule has 0 radical (unpaired) electrons. The number of benzene rings is 1. The van der Waals surface area contributed by atoms with Gasteiger partial charge in [-0.3, -0.25) is 0 Å². The van der Waals surface area contributed by atoms with Crippen molar-refractivity contribution in [2.24, 2.45) is 5.73 Å². The molecule has 0 spiro atoms. The van der Waals surface area contributed by atoms with E-state index in [2.05, 4.69) is 0 Å². The number of hydrogen-bond acceptors (Lipinski definition) is 3. The maximum atomic E-state index is 6.61. The molecule has 1 aliphatic carbocycles. The van der Waals surface area contributed by atoms with Crippen LogP contribution in [0.1, 0.15) is 43.2 Å². The Morgan fingerprint density at radius 3 is 2.32 bits per heavy atom. The number of rotatable bonds is 3. The van der Waals surface area contributed by atoms with Gasteiger partial charge in [0.25, 0.3) is 0 Å². The Morgan fingerprint density at radius 1 is 1.16 bits per heavy atom. The first-order chi connectivity index (χ1) is 9.03. The van der Waals surface area contributed by atoms with Crippen molar-refractivity contribution >= 4 is 11.6 Å². The average Bonchev–Trinajstić information content (AvgIpc) is 2.42. The molecule has 106 valence electrons. The molecule has 0 unspecified atom stereocenters. The molecule has 0 atom stereocenters. The topological polar surface area (TPSA) is 44.5 Å². The van der Waals surface area contributed by atoms with Crippen LogP contribution >= 0.6 is 11.6 Å². The third-order valence-corrected chi connectivity index (χ3v) is 4.59. The molecular formula is C15H22ClNO2. The van der Waals surface area contributed by atoms with E-state index in [1.165, 1.54) is 19.3 Å². The molecule has 1 saturated carbocycles. The normalized spacial score (nSPS) is 18.2. The van der Waals surface area contributed by atoms with Crippen LogP contribution in [0.3, 0.4) is 0 Å². The molecule has 4 heteroatoms. The van der Waals surface area contributed by atoms with Crippen LogP contribution in [0.25, 0.3) is 0 Å². The van der Waals surface area contributed by atoms with Crippen molar-refractivity contribution in [2.75, 3.05) is 14.2 Å². The fourth-order valence-electron chi connectivity index (χ4n) is 3.01. The molecule has 0 aliphatic heterocycles. The van der Waals surface area contributed by atoms with Crippen molar-refractivity contribution in [1.82, 2.24) is 0 Å². The maximum Gasteiger partial charge on any atom is 0.179 e. The Kier molecular flexibility index (Phi) is 4.26. The lowest BCUT2D eigenvalue weighted by Gasteiger charge is -2.35. The number of nitrogens with two attached hydrogens (primary N) is 1. The monoisotopic (exact) mass is 283 g/mol. The molecule has 1 fully saturated rings. The summed E-state index contributed by atoms with van der Waals surface area (Å²) in [5, 5.41) is 0.604. The van der Waals surface area contributed by atoms with E-state index in [1.807, 2.05) is 13.0 Å². The number of halogens is 1. The lowest BCUT2D eigenvalue weighted by atomic mass is 9.76. The van der Waals surface area contributed by atoms with Gasteiger partial charge in [0.1, 0.15) is 0 Å². The minimum atomic E-state index is -0.286. The van der Waals surface area contributed by atoms with Crippen LogP contribution in [0.15, 0.2) is 6.07 Å². The average molecular weight is 284 g/mol. The van der Waals surface area contributed by atoms with Crippen LogP contribution in [0.5, 0.6) is 11.5 Å². The summed E-state index contributed by atoms with van der Waals surface area (Å²) in [6, 6.07) is 1.99. The Hall–Kier alpha value is -0.930. The van der Waals surface area contributed by atoms with Gasteiger partial charge in [-0.25, -0.2) is 0 Å². The van der Waals surface area contributed by atoms with Crippen LogP contribution in [-0.4, -0.2) is 14.2 Å². The summed E-state index contributed by atoms with van der Waals surface area (Å²) >= 11 is 6.40. The number of ether oxygens (including phenoxy) is 2. The maximum absolute atomic E-state index is 6.61. The van der Waals surface area contributed by atoms with Gasteiger partial charge in [-0.05, 0) is 37.0 Å². The second-order valence-electron chi connectivity index (χ2n) is 5.32. The molecular weight excluding hydrogens is 262 g/mol. The Bertz CT molecular complexity index is 468. The van der Waals surface area contributed by atoms with Crippen LogP contribution < -0.4 is 15.2 Å². The third kappa shape index (κ3) is 2.54. The smallest absolute Gasteiger partial charge is 0.179 e. The van der Waals surface area contributed by atoms with Gasteiger partial charge >= 0.3 is 0 Å². The molecule has 0 amide bonds. The van der Waals surface area contributed by atoms with Gasteiger partial charge in [-0.2, -0.15) is 0 Å². The van der Waals surface area contributed by atoms with Gasteiger partial charge in [0, 0.05) is 5.54 Å². The zero-order chi connectivity index (χ0) is 14.0. The van der Waals surface area contributed by atoms with Crippen molar-refractivity contribution in [3.05, 3.63) is 22.2 Å². The molecule has 0 heterocycles. The number of methoxy groups -OCH3 is 2. The molecule has 1 aromatic carbocycles. The molecule has 0 saturated heterocycles. The zero-order valence-corrected chi connectivity index (χ0v) is 12.6. The van der Waals surface area contributed by atoms with E-state index in [0.717, 1.165) is 24.0 Å². The second-order valence-corrected chi connectivity index (χ2v) is 5.69. The van der Waals surface area contributed by atoms with Crippen molar-refractivity contribution in [1.29, 1.82) is 0 Å². The minimum Gasteiger partial charge on any atom is -0.493 e. The summed E-state index contributed by atoms with van der Waals surface area (Å²) in [6.45, 7) is 2.00. The first-order valence-electron chi connectivity index (χ1n) is 6.74. The molecule has 0 aromatic heterocycles. The van der Waals surface area contributed by atoms with Gasteiger partial charge in [0.05, 0.1) is 19.2 Å². The lowest BCUT2D eigenvalue weighted by molar-refractivity contribution is 0.297. The fraction of sp³-hybridized carbons (Fsp3) is 0.600. The fourth-order valence-corrected chi connectivity index (χ4v) is 3.28. The van der Waals surface area contributed by atoms with Gasteiger partial charge < -0.3 is 15.2 Å². The number of hydrogen-bond donors (Lipinski definition) is 1. The molecule has 19 heavy (non-hydrogen) atoms. The predicted molar refractivity (Wildman–Crippen MR) is 78.2 cm³/mol. The molecule has 0 bridgehead atoms. The summed E-state index contributed by atoms with van der Waals surface area (Å²) in [5.41, 5.74) is 8.42. The van der Waals surface area contributed by atoms with Gasteiger partial charge in [0.2, 0.25) is 0 Å². The van der Waals surface area contributed by atoms with Crippen LogP contribution in [0, 0.1) is 6.92 Å². The highest BCUT2D eigenvalue weighted by atomic mass is 35.5. The molecule has 2 N–H and O–H groups in total. The Labute approximate surface area is 120 Å². The molecule has 1 aliphatic rings. The van der Waals surface area contributed by atoms with Gasteiger partial charge in [0.15, 0.2) is 11.5 Å². The van der Waals surface area contributed by atoms with E-state index in [-0.39, 0.29) is 5.54 Å². The van der Waals surface area contributed by atoms with E-state index < -0.39 is 0 Å². The standard InChI is InChI=1S/C15H22ClNO2/c1-10-11(15(17)7-5-4-6-8-15)9-12(18-2)14(19-3)13(10)16/h9H,4-8,17H2,1-3H3. The van der Waals surface area contributed by atoms with Crippen LogP contribution in [-0.2, 0) is 5.54 Å². The van der Waals surface area contributed by atoms with Crippen LogP contribution in [0.4, 0.5) is 0 Å². The Balaban J connectivity index is 2.54. The largest absolute Gasteiger partial charge is 0.493 e. The van der Waals surface area contributed by atoms with Crippen molar-refractivity contribution < 1.29 is 9.47 Å². The van der Waals surface area contributed by atoms with Crippen molar-refractivity contribution in [3.63, 3.8) is 0 Å². The highest BCUT2D eigenvalue weighted by Gasteiger charge is 2.33. The van der Waals surface area contributed by atoms with E-state index >= 15 is 0 Å². The van der Waals surface area contributed by atoms with E-state index in [1.54, 1.807) is 14.2 Å². The molecule has 3 nitrogen and oxygen atoms in total. The second kappa shape index (κ2) is 5.59. The third-order valence-electron chi connectivity index (χ3n) is 4.14. The highest BCUT2D eigenvalue weighted by Crippen LogP contribution is 2.45. The summed E-state index contributed by atoms with van der Waals surface area (Å²) < 4.78 is 10.7. The molecule has 2 rings (SSSR count). The SMILES string of the molecule is COc1cc(C2(N)CCCCC2)c(C)c(Cl)c1OC. The first-order valence-corrected chi connectivity index (χ1v) is 7.11. The zero-order valence-electron chi connectivity index (χ0n) is 11.9. The molecule has 1 aromatic rings. The lowest BCUT2D eigenvalue weighted by Crippen LogP contribution is -2.39. The van der Waals surface area contributed by atoms with Gasteiger partial charge in [-0.15, -0.1) is 0 Å². The predicted octanol–water partition coefficient (Wildman–Crippen LogP) is 3.78. The Morgan fingerprint density at radius 2 is 1.79 bits per heavy atom. The van der Waals surface area contributed by atoms with Crippen molar-refractivity contribution in [2.45, 2.75) is 44.6 Å². The summed E-state index contributed by atoms with van der Waals surface area (Å²) in [4.78, 5) is 0. The summed E-state index contributed by atoms with van der Waals surface area (Å²) in [6.07, 6.45) is 5.60. The van der Waals surface area contributed by atoms with E-state index in [0.29, 0.717) is 16.5 Å². The van der Waals surface area contributed by atoms with E-state index in [4.69, 9.17) is 26.8 Å². The first kappa shape index (κ1) is 14.5. The summed E-state index contributed by atoms with van der Waals surface area (Å²) in [7, 11) is 3.22. The quantitative estimate of drug-likeness (QED) is 0.918. The van der Waals surface area contributed by atoms with Crippen molar-refractivity contribution in [3.8, 4) is 11.5 Å². The highest BCUT2D eigenvalue weighted by molar-refractivity contribution is 6.33. The minimum absolute atomic E-state index is 0.286. The van der Waals surface area contributed by atoms with Gasteiger partial charge in [-0.1, -0.05) is 30.9 Å². The van der Waals surface area contributed by atoms with Crippen LogP contribution in [0.2, 0.25) is 5.02 Å². The summed E-state index contributed by atoms with van der Waals surface area (Å²) in [5.74, 6) is 1.24.